The van der Waals surface area contributed by atoms with Gasteiger partial charge in [-0.15, -0.1) is 0 Å². The van der Waals surface area contributed by atoms with Crippen molar-refractivity contribution in [2.75, 3.05) is 19.5 Å². The molecule has 2 unspecified atom stereocenters. The summed E-state index contributed by atoms with van der Waals surface area (Å²) in [5.74, 6) is -0.825. The summed E-state index contributed by atoms with van der Waals surface area (Å²) in [6, 6.07) is -1.69. The Morgan fingerprint density at radius 2 is 2.16 bits per heavy atom. The van der Waals surface area contributed by atoms with Crippen LogP contribution in [0.3, 0.4) is 0 Å². The molecule has 2 heterocycles. The van der Waals surface area contributed by atoms with E-state index >= 15 is 0 Å². The molecule has 0 saturated carbocycles. The highest BCUT2D eigenvalue weighted by molar-refractivity contribution is 5.75. The fourth-order valence-corrected chi connectivity index (χ4v) is 2.18. The first-order chi connectivity index (χ1) is 11.8. The van der Waals surface area contributed by atoms with Crippen molar-refractivity contribution in [2.45, 2.75) is 32.2 Å². The number of ether oxygens (including phenoxy) is 2. The lowest BCUT2D eigenvalue weighted by Gasteiger charge is -2.24. The summed E-state index contributed by atoms with van der Waals surface area (Å²) in [6.45, 7) is 3.32. The Kier molecular flexibility index (Phi) is 5.72. The number of methoxy groups -OCH3 is 1. The lowest BCUT2D eigenvalue weighted by molar-refractivity contribution is -0.156. The van der Waals surface area contributed by atoms with Crippen molar-refractivity contribution in [3.05, 3.63) is 16.7 Å². The van der Waals surface area contributed by atoms with Gasteiger partial charge in [-0.1, -0.05) is 13.8 Å². The van der Waals surface area contributed by atoms with Crippen LogP contribution in [0, 0.1) is 5.92 Å². The molecule has 138 valence electrons. The van der Waals surface area contributed by atoms with Crippen LogP contribution >= 0.6 is 0 Å². The molecule has 3 atom stereocenters. The molecular formula is C14H22N6O5. The molecule has 25 heavy (non-hydrogen) atoms. The summed E-state index contributed by atoms with van der Waals surface area (Å²) < 4.78 is 11.5. The van der Waals surface area contributed by atoms with E-state index in [4.69, 9.17) is 20.9 Å². The number of nitrogens with two attached hydrogens (primary N) is 2. The lowest BCUT2D eigenvalue weighted by Crippen LogP contribution is -2.39. The molecule has 0 bridgehead atoms. The average molecular weight is 354 g/mol. The van der Waals surface area contributed by atoms with E-state index in [2.05, 4.69) is 15.0 Å². The predicted octanol–water partition coefficient (Wildman–Crippen LogP) is -1.27. The van der Waals surface area contributed by atoms with Crippen LogP contribution in [0.15, 0.2) is 11.1 Å². The average Bonchev–Trinajstić information content (AvgIpc) is 2.97. The van der Waals surface area contributed by atoms with Crippen molar-refractivity contribution in [1.29, 1.82) is 0 Å². The number of carbonyl (C=O) groups excluding carboxylic acids is 1. The second-order valence-corrected chi connectivity index (χ2v) is 5.87. The largest absolute Gasteiger partial charge is 0.462 e. The minimum absolute atomic E-state index is 0.0349. The van der Waals surface area contributed by atoms with Crippen molar-refractivity contribution in [3.63, 3.8) is 0 Å². The van der Waals surface area contributed by atoms with Gasteiger partial charge < -0.3 is 30.6 Å². The molecule has 0 aliphatic rings. The van der Waals surface area contributed by atoms with E-state index < -0.39 is 29.9 Å². The third-order valence-electron chi connectivity index (χ3n) is 3.77. The number of anilines is 1. The Labute approximate surface area is 142 Å². The number of imidazole rings is 1. The number of H-pyrrole nitrogens is 1. The fraction of sp³-hybridized carbons (Fsp3) is 0.571. The van der Waals surface area contributed by atoms with Gasteiger partial charge in [0, 0.05) is 7.11 Å². The molecule has 0 spiro atoms. The second kappa shape index (κ2) is 7.59. The predicted molar refractivity (Wildman–Crippen MR) is 88.4 cm³/mol. The number of aromatic nitrogens is 4. The molecular weight excluding hydrogens is 332 g/mol. The molecule has 11 nitrogen and oxygen atoms in total. The molecule has 0 amide bonds. The van der Waals surface area contributed by atoms with Gasteiger partial charge in [0.25, 0.3) is 5.56 Å². The van der Waals surface area contributed by atoms with E-state index in [1.54, 1.807) is 13.8 Å². The maximum Gasteiger partial charge on any atom is 0.323 e. The van der Waals surface area contributed by atoms with Crippen molar-refractivity contribution in [3.8, 4) is 0 Å². The van der Waals surface area contributed by atoms with Crippen LogP contribution < -0.4 is 17.0 Å². The number of fused-ring (bicyclic) bond motifs is 1. The minimum atomic E-state index is -1.34. The number of hydrogen-bond donors (Lipinski definition) is 4. The normalized spacial score (nSPS) is 15.3. The van der Waals surface area contributed by atoms with Gasteiger partial charge in [0.05, 0.1) is 6.33 Å². The van der Waals surface area contributed by atoms with E-state index in [9.17, 15) is 14.7 Å². The molecule has 2 aromatic rings. The third kappa shape index (κ3) is 3.95. The number of aliphatic hydroxyl groups excluding tert-OH is 1. The number of aliphatic hydroxyl groups is 1. The Morgan fingerprint density at radius 1 is 1.48 bits per heavy atom. The number of nitrogens with one attached hydrogen (secondary N) is 1. The molecule has 6 N–H and O–H groups in total. The summed E-state index contributed by atoms with van der Waals surface area (Å²) in [6.07, 6.45) is -0.0575. The van der Waals surface area contributed by atoms with Gasteiger partial charge in [0.15, 0.2) is 17.5 Å². The monoisotopic (exact) mass is 354 g/mol. The summed E-state index contributed by atoms with van der Waals surface area (Å²) in [7, 11) is 1.28. The molecule has 0 radical (unpaired) electrons. The zero-order valence-electron chi connectivity index (χ0n) is 14.2. The van der Waals surface area contributed by atoms with Gasteiger partial charge in [-0.25, -0.2) is 4.98 Å². The molecule has 0 aliphatic carbocycles. The highest BCUT2D eigenvalue weighted by Crippen LogP contribution is 2.19. The maximum absolute atomic E-state index is 12.0. The Bertz CT molecular complexity index is 801. The van der Waals surface area contributed by atoms with Crippen LogP contribution in [0.1, 0.15) is 19.9 Å². The Balaban J connectivity index is 2.33. The van der Waals surface area contributed by atoms with Crippen LogP contribution in [0.4, 0.5) is 5.95 Å². The topological polar surface area (TPSA) is 171 Å². The van der Waals surface area contributed by atoms with Crippen molar-refractivity contribution < 1.29 is 19.4 Å². The van der Waals surface area contributed by atoms with E-state index in [0.29, 0.717) is 0 Å². The SMILES string of the molecule is COC(O)C(COC(=O)[C@@H](N)C(C)C)n1cnc2c(=O)[nH]c(N)nc21. The first kappa shape index (κ1) is 18.8. The molecule has 0 aliphatic heterocycles. The second-order valence-electron chi connectivity index (χ2n) is 5.87. The molecule has 0 aromatic carbocycles. The number of carbonyl (C=O) groups is 1. The maximum atomic E-state index is 12.0. The zero-order valence-corrected chi connectivity index (χ0v) is 14.2. The molecule has 0 saturated heterocycles. The smallest absolute Gasteiger partial charge is 0.323 e. The van der Waals surface area contributed by atoms with Crippen LogP contribution in [0.2, 0.25) is 0 Å². The standard InChI is InChI=1S/C14H22N6O5/c1-6(2)8(15)13(23)25-4-7(12(22)24-3)20-5-17-9-10(20)18-14(16)19-11(9)21/h5-8,12,22H,4,15H2,1-3H3,(H3,16,18,19,21)/t7?,8-,12?/m0/s1. The number of nitrogens with zero attached hydrogens (tertiary/aromatic N) is 3. The third-order valence-corrected chi connectivity index (χ3v) is 3.77. The van der Waals surface area contributed by atoms with E-state index in [0.717, 1.165) is 0 Å². The first-order valence-electron chi connectivity index (χ1n) is 7.61. The summed E-state index contributed by atoms with van der Waals surface area (Å²) in [5, 5.41) is 10.1. The van der Waals surface area contributed by atoms with Gasteiger partial charge in [-0.2, -0.15) is 4.98 Å². The van der Waals surface area contributed by atoms with Crippen LogP contribution in [0.25, 0.3) is 11.2 Å². The van der Waals surface area contributed by atoms with Gasteiger partial charge in [0.2, 0.25) is 5.95 Å². The van der Waals surface area contributed by atoms with Crippen LogP contribution in [0.5, 0.6) is 0 Å². The summed E-state index contributed by atoms with van der Waals surface area (Å²) in [5.41, 5.74) is 10.9. The van der Waals surface area contributed by atoms with Crippen LogP contribution in [-0.2, 0) is 14.3 Å². The summed E-state index contributed by atoms with van der Waals surface area (Å²) in [4.78, 5) is 34.1. The fourth-order valence-electron chi connectivity index (χ4n) is 2.18. The van der Waals surface area contributed by atoms with Gasteiger partial charge >= 0.3 is 5.97 Å². The number of rotatable bonds is 7. The molecule has 2 aromatic heterocycles. The highest BCUT2D eigenvalue weighted by atomic mass is 16.6. The lowest BCUT2D eigenvalue weighted by atomic mass is 10.1. The van der Waals surface area contributed by atoms with E-state index in [-0.39, 0.29) is 29.6 Å². The summed E-state index contributed by atoms with van der Waals surface area (Å²) >= 11 is 0. The number of esters is 1. The highest BCUT2D eigenvalue weighted by Gasteiger charge is 2.27. The Hall–Kier alpha value is -2.50. The molecule has 0 fully saturated rings. The molecule has 11 heteroatoms. The van der Waals surface area contributed by atoms with Gasteiger partial charge in [-0.05, 0) is 5.92 Å². The number of hydrogen-bond acceptors (Lipinski definition) is 9. The van der Waals surface area contributed by atoms with Crippen molar-refractivity contribution in [2.24, 2.45) is 11.7 Å². The van der Waals surface area contributed by atoms with E-state index in [1.807, 2.05) is 0 Å². The van der Waals surface area contributed by atoms with Crippen molar-refractivity contribution in [1.82, 2.24) is 19.5 Å². The Morgan fingerprint density at radius 3 is 2.76 bits per heavy atom. The number of aromatic amines is 1. The zero-order chi connectivity index (χ0) is 18.7. The van der Waals surface area contributed by atoms with Gasteiger partial charge in [0.1, 0.15) is 18.7 Å². The molecule has 2 rings (SSSR count). The van der Waals surface area contributed by atoms with Gasteiger partial charge in [-0.3, -0.25) is 14.6 Å². The first-order valence-corrected chi connectivity index (χ1v) is 7.61. The quantitative estimate of drug-likeness (QED) is 0.349. The van der Waals surface area contributed by atoms with Crippen molar-refractivity contribution >= 4 is 23.1 Å². The van der Waals surface area contributed by atoms with Crippen LogP contribution in [-0.4, -0.2) is 56.6 Å². The number of nitrogen functional groups attached to an aromatic ring is 1. The minimum Gasteiger partial charge on any atom is -0.462 e. The van der Waals surface area contributed by atoms with E-state index in [1.165, 1.54) is 18.0 Å².